The van der Waals surface area contributed by atoms with Crippen molar-refractivity contribution in [2.75, 3.05) is 38.5 Å². The van der Waals surface area contributed by atoms with Crippen LogP contribution in [0.4, 0.5) is 5.69 Å². The Hall–Kier alpha value is -1.49. The molecule has 9 nitrogen and oxygen atoms in total. The zero-order valence-electron chi connectivity index (χ0n) is 15.3. The topological polar surface area (TPSA) is 108 Å². The van der Waals surface area contributed by atoms with E-state index in [2.05, 4.69) is 33.0 Å². The lowest BCUT2D eigenvalue weighted by atomic mass is 10.0. The zero-order valence-corrected chi connectivity index (χ0v) is 16.0. The summed E-state index contributed by atoms with van der Waals surface area (Å²) < 4.78 is 6.10. The summed E-state index contributed by atoms with van der Waals surface area (Å²) in [6.07, 6.45) is 3.66. The summed E-state index contributed by atoms with van der Waals surface area (Å²) in [6, 6.07) is 1.78. The van der Waals surface area contributed by atoms with Gasteiger partial charge in [0.1, 0.15) is 17.5 Å². The molecule has 5 atom stereocenters. The highest BCUT2D eigenvalue weighted by Gasteiger charge is 2.46. The highest BCUT2D eigenvalue weighted by Crippen LogP contribution is 2.28. The Balaban J connectivity index is 1.45. The second-order valence-electron chi connectivity index (χ2n) is 7.44. The Kier molecular flexibility index (Phi) is 5.49. The number of nitrogens with two attached hydrogens (primary N) is 1. The van der Waals surface area contributed by atoms with Crippen molar-refractivity contribution >= 4 is 23.2 Å². The van der Waals surface area contributed by atoms with Gasteiger partial charge in [-0.1, -0.05) is 0 Å². The van der Waals surface area contributed by atoms with Crippen molar-refractivity contribution in [2.24, 2.45) is 11.7 Å². The first-order chi connectivity index (χ1) is 13.0. The molecule has 4 unspecified atom stereocenters. The Morgan fingerprint density at radius 3 is 3.11 bits per heavy atom. The summed E-state index contributed by atoms with van der Waals surface area (Å²) >= 11 is 6.19. The van der Waals surface area contributed by atoms with E-state index in [-0.39, 0.29) is 23.6 Å². The molecule has 3 aliphatic heterocycles. The second kappa shape index (κ2) is 7.86. The summed E-state index contributed by atoms with van der Waals surface area (Å²) in [6.45, 7) is 3.14. The average molecular weight is 396 g/mol. The van der Waals surface area contributed by atoms with Gasteiger partial charge in [-0.3, -0.25) is 15.1 Å². The van der Waals surface area contributed by atoms with Crippen molar-refractivity contribution < 1.29 is 9.53 Å². The van der Waals surface area contributed by atoms with Gasteiger partial charge in [0, 0.05) is 38.4 Å². The van der Waals surface area contributed by atoms with E-state index in [0.29, 0.717) is 24.5 Å². The van der Waals surface area contributed by atoms with Crippen LogP contribution in [0.25, 0.3) is 0 Å². The maximum absolute atomic E-state index is 13.0. The van der Waals surface area contributed by atoms with Crippen LogP contribution in [0.5, 0.6) is 5.75 Å². The van der Waals surface area contributed by atoms with E-state index < -0.39 is 12.1 Å². The van der Waals surface area contributed by atoms with Crippen LogP contribution in [0.2, 0.25) is 0 Å². The molecule has 5 N–H and O–H groups in total. The van der Waals surface area contributed by atoms with Crippen molar-refractivity contribution in [3.8, 4) is 5.75 Å². The maximum Gasteiger partial charge on any atom is 0.233 e. The molecule has 148 valence electrons. The summed E-state index contributed by atoms with van der Waals surface area (Å²) in [5, 5.41) is 8.13. The number of pyridine rings is 1. The number of likely N-dealkylation sites (tertiary alicyclic amines) is 1. The van der Waals surface area contributed by atoms with Gasteiger partial charge in [0.2, 0.25) is 5.91 Å². The number of ether oxygens (including phenoxy) is 1. The molecule has 0 aromatic carbocycles. The predicted octanol–water partition coefficient (Wildman–Crippen LogP) is -0.639. The first-order valence-electron chi connectivity index (χ1n) is 9.27. The number of alkyl halides is 1. The van der Waals surface area contributed by atoms with Gasteiger partial charge in [-0.05, 0) is 13.5 Å². The second-order valence-corrected chi connectivity index (χ2v) is 8.05. The summed E-state index contributed by atoms with van der Waals surface area (Å²) in [4.78, 5) is 19.3. The molecule has 3 saturated heterocycles. The molecular weight excluding hydrogens is 370 g/mol. The zero-order chi connectivity index (χ0) is 19.0. The number of carbonyl (C=O) groups is 1. The standard InChI is InChI=1S/C17H26ClN7O2/c1-24-5-3-11(9-24)27-13-2-4-20-7-12(13)22-17(26)14-15(19)23-25-8-10(18)6-21-16(14)25/h2,4,7,10-11,14-16,21,23H,3,5-6,8-9,19H2,1H3,(H,22,26)/t10?,11-,14?,15?,16?/m0/s1. The van der Waals surface area contributed by atoms with Crippen LogP contribution in [-0.2, 0) is 4.79 Å². The number of likely N-dealkylation sites (N-methyl/N-ethyl adjacent to an activating group) is 1. The molecule has 1 aromatic rings. The van der Waals surface area contributed by atoms with Gasteiger partial charge in [-0.25, -0.2) is 10.4 Å². The fourth-order valence-corrected chi connectivity index (χ4v) is 4.18. The van der Waals surface area contributed by atoms with Crippen LogP contribution in [0, 0.1) is 5.92 Å². The Labute approximate surface area is 163 Å². The molecule has 4 rings (SSSR count). The van der Waals surface area contributed by atoms with Crippen molar-refractivity contribution in [1.29, 1.82) is 0 Å². The first kappa shape index (κ1) is 18.9. The molecular formula is C17H26ClN7O2. The molecule has 1 aromatic heterocycles. The lowest BCUT2D eigenvalue weighted by molar-refractivity contribution is -0.121. The van der Waals surface area contributed by atoms with Crippen LogP contribution in [0.15, 0.2) is 18.5 Å². The third kappa shape index (κ3) is 4.03. The average Bonchev–Trinajstić information content (AvgIpc) is 3.18. The first-order valence-corrected chi connectivity index (χ1v) is 9.71. The summed E-state index contributed by atoms with van der Waals surface area (Å²) in [5.74, 6) is -0.00305. The number of hydrogen-bond acceptors (Lipinski definition) is 8. The van der Waals surface area contributed by atoms with Crippen LogP contribution in [0.1, 0.15) is 6.42 Å². The number of hydrazine groups is 1. The van der Waals surface area contributed by atoms with Gasteiger partial charge in [0.25, 0.3) is 0 Å². The molecule has 0 radical (unpaired) electrons. The van der Waals surface area contributed by atoms with Gasteiger partial charge in [-0.15, -0.1) is 11.6 Å². The summed E-state index contributed by atoms with van der Waals surface area (Å²) in [5.41, 5.74) is 9.87. The third-order valence-electron chi connectivity index (χ3n) is 5.30. The number of nitrogens with zero attached hydrogens (tertiary/aromatic N) is 3. The monoisotopic (exact) mass is 395 g/mol. The lowest BCUT2D eigenvalue weighted by Gasteiger charge is -2.34. The fraction of sp³-hybridized carbons (Fsp3) is 0.647. The minimum atomic E-state index is -0.492. The number of rotatable bonds is 4. The molecule has 3 fully saturated rings. The van der Waals surface area contributed by atoms with Gasteiger partial charge in [-0.2, -0.15) is 0 Å². The van der Waals surface area contributed by atoms with Crippen LogP contribution in [-0.4, -0.2) is 77.8 Å². The smallest absolute Gasteiger partial charge is 0.233 e. The van der Waals surface area contributed by atoms with Crippen LogP contribution in [0.3, 0.4) is 0 Å². The molecule has 0 bridgehead atoms. The molecule has 10 heteroatoms. The van der Waals surface area contributed by atoms with E-state index in [1.165, 1.54) is 0 Å². The SMILES string of the molecule is CN1CC[C@H](Oc2ccncc2NC(=O)C2C(N)NN3CC(Cl)CNC23)C1. The number of anilines is 1. The predicted molar refractivity (Wildman–Crippen MR) is 102 cm³/mol. The minimum absolute atomic E-state index is 0.0226. The van der Waals surface area contributed by atoms with E-state index >= 15 is 0 Å². The van der Waals surface area contributed by atoms with Gasteiger partial charge in [0.05, 0.1) is 29.8 Å². The van der Waals surface area contributed by atoms with Crippen molar-refractivity contribution in [2.45, 2.75) is 30.2 Å². The number of hydrogen-bond donors (Lipinski definition) is 4. The number of aromatic nitrogens is 1. The van der Waals surface area contributed by atoms with E-state index in [0.717, 1.165) is 19.5 Å². The molecule has 27 heavy (non-hydrogen) atoms. The Bertz CT molecular complexity index is 693. The lowest BCUT2D eigenvalue weighted by Crippen LogP contribution is -2.58. The Morgan fingerprint density at radius 2 is 2.33 bits per heavy atom. The molecule has 0 saturated carbocycles. The maximum atomic E-state index is 13.0. The fourth-order valence-electron chi connectivity index (χ4n) is 3.94. The van der Waals surface area contributed by atoms with Gasteiger partial charge < -0.3 is 20.7 Å². The molecule has 4 heterocycles. The van der Waals surface area contributed by atoms with E-state index in [1.54, 1.807) is 18.5 Å². The van der Waals surface area contributed by atoms with E-state index in [4.69, 9.17) is 22.1 Å². The van der Waals surface area contributed by atoms with Gasteiger partial charge >= 0.3 is 0 Å². The number of halogens is 1. The highest BCUT2D eigenvalue weighted by atomic mass is 35.5. The normalized spacial score (nSPS) is 34.4. The Morgan fingerprint density at radius 1 is 1.48 bits per heavy atom. The third-order valence-corrected chi connectivity index (χ3v) is 5.60. The molecule has 3 aliphatic rings. The highest BCUT2D eigenvalue weighted by molar-refractivity contribution is 6.21. The van der Waals surface area contributed by atoms with Crippen molar-refractivity contribution in [1.82, 2.24) is 25.6 Å². The quantitative estimate of drug-likeness (QED) is 0.499. The van der Waals surface area contributed by atoms with E-state index in [9.17, 15) is 4.79 Å². The molecule has 1 amide bonds. The van der Waals surface area contributed by atoms with Gasteiger partial charge in [0.15, 0.2) is 0 Å². The molecule has 0 spiro atoms. The van der Waals surface area contributed by atoms with Crippen molar-refractivity contribution in [3.63, 3.8) is 0 Å². The van der Waals surface area contributed by atoms with Crippen LogP contribution < -0.4 is 26.5 Å². The number of carbonyl (C=O) groups excluding carboxylic acids is 1. The van der Waals surface area contributed by atoms with Crippen LogP contribution >= 0.6 is 11.6 Å². The minimum Gasteiger partial charge on any atom is -0.487 e. The summed E-state index contributed by atoms with van der Waals surface area (Å²) in [7, 11) is 2.07. The van der Waals surface area contributed by atoms with E-state index in [1.807, 2.05) is 5.01 Å². The number of fused-ring (bicyclic) bond motifs is 1. The number of amides is 1. The largest absolute Gasteiger partial charge is 0.487 e. The number of nitrogens with one attached hydrogen (secondary N) is 3. The van der Waals surface area contributed by atoms with Crippen molar-refractivity contribution in [3.05, 3.63) is 18.5 Å². The molecule has 0 aliphatic carbocycles.